The van der Waals surface area contributed by atoms with E-state index < -0.39 is 11.9 Å². The fourth-order valence-corrected chi connectivity index (χ4v) is 5.30. The number of morpholine rings is 1. The van der Waals surface area contributed by atoms with Crippen LogP contribution in [0.5, 0.6) is 0 Å². The van der Waals surface area contributed by atoms with Gasteiger partial charge in [0.25, 0.3) is 5.92 Å². The number of hydrogen-bond acceptors (Lipinski definition) is 6. The Morgan fingerprint density at radius 3 is 2.54 bits per heavy atom. The molecule has 0 aromatic heterocycles. The molecule has 2 N–H and O–H groups in total. The van der Waals surface area contributed by atoms with Gasteiger partial charge in [0.1, 0.15) is 0 Å². The van der Waals surface area contributed by atoms with Crippen molar-refractivity contribution >= 4 is 28.9 Å². The van der Waals surface area contributed by atoms with Crippen LogP contribution in [0.25, 0.3) is 5.70 Å². The number of alkyl halides is 2. The normalized spacial score (nSPS) is 21.8. The summed E-state index contributed by atoms with van der Waals surface area (Å²) in [6.07, 6.45) is 5.28. The van der Waals surface area contributed by atoms with E-state index >= 15 is 8.78 Å². The number of carboxylic acids is 1. The van der Waals surface area contributed by atoms with E-state index in [-0.39, 0.29) is 17.5 Å². The SMILES string of the molecule is C=CC(F)(F)c1cc(C2=CCCOC(c3ccc(N[C@H]4CC[C@@H](C(=O)O)C4)cc3)=N2)ccc1N1CCOCC1. The third kappa shape index (κ3) is 6.14. The van der Waals surface area contributed by atoms with Gasteiger partial charge in [-0.3, -0.25) is 4.79 Å². The number of nitrogens with zero attached hydrogens (tertiary/aromatic N) is 2. The number of allylic oxidation sites excluding steroid dienone is 1. The van der Waals surface area contributed by atoms with Crippen LogP contribution in [0.4, 0.5) is 20.2 Å². The molecule has 2 atom stereocenters. The van der Waals surface area contributed by atoms with Crippen molar-refractivity contribution < 1.29 is 28.2 Å². The van der Waals surface area contributed by atoms with Crippen molar-refractivity contribution in [2.24, 2.45) is 10.9 Å². The average Bonchev–Trinajstić information content (AvgIpc) is 3.29. The number of ether oxygens (including phenoxy) is 2. The molecule has 0 spiro atoms. The van der Waals surface area contributed by atoms with E-state index in [4.69, 9.17) is 14.5 Å². The lowest BCUT2D eigenvalue weighted by Gasteiger charge is -2.32. The molecule has 0 unspecified atom stereocenters. The van der Waals surface area contributed by atoms with Crippen molar-refractivity contribution in [3.63, 3.8) is 0 Å². The zero-order valence-corrected chi connectivity index (χ0v) is 21.7. The smallest absolute Gasteiger partial charge is 0.306 e. The molecular formula is C30H33F2N3O4. The van der Waals surface area contributed by atoms with Gasteiger partial charge in [-0.1, -0.05) is 18.7 Å². The minimum atomic E-state index is -3.20. The van der Waals surface area contributed by atoms with Gasteiger partial charge in [-0.2, -0.15) is 8.78 Å². The Kier molecular flexibility index (Phi) is 7.97. The Morgan fingerprint density at radius 2 is 1.85 bits per heavy atom. The number of halogens is 2. The van der Waals surface area contributed by atoms with Gasteiger partial charge < -0.3 is 24.8 Å². The number of rotatable bonds is 8. The van der Waals surface area contributed by atoms with Crippen LogP contribution in [-0.2, 0) is 20.2 Å². The minimum Gasteiger partial charge on any atom is -0.481 e. The molecule has 39 heavy (non-hydrogen) atoms. The molecule has 2 aromatic carbocycles. The van der Waals surface area contributed by atoms with Gasteiger partial charge in [-0.05, 0) is 61.7 Å². The molecule has 2 aromatic rings. The van der Waals surface area contributed by atoms with Gasteiger partial charge in [0, 0.05) is 53.6 Å². The Balaban J connectivity index is 1.37. The lowest BCUT2D eigenvalue weighted by atomic mass is 9.99. The van der Waals surface area contributed by atoms with Gasteiger partial charge in [0.15, 0.2) is 0 Å². The Hall–Kier alpha value is -3.72. The molecule has 2 fully saturated rings. The molecule has 1 aliphatic carbocycles. The average molecular weight is 538 g/mol. The summed E-state index contributed by atoms with van der Waals surface area (Å²) in [4.78, 5) is 17.9. The van der Waals surface area contributed by atoms with Crippen LogP contribution < -0.4 is 10.2 Å². The summed E-state index contributed by atoms with van der Waals surface area (Å²) in [5.74, 6) is -3.81. The zero-order chi connectivity index (χ0) is 27.4. The number of carbonyl (C=O) groups is 1. The Morgan fingerprint density at radius 1 is 1.10 bits per heavy atom. The summed E-state index contributed by atoms with van der Waals surface area (Å²) < 4.78 is 41.4. The highest BCUT2D eigenvalue weighted by Gasteiger charge is 2.33. The number of aliphatic carboxylic acids is 1. The van der Waals surface area contributed by atoms with E-state index in [1.807, 2.05) is 41.3 Å². The fraction of sp³-hybridized carbons (Fsp3) is 0.400. The number of carboxylic acid groups (broad SMARTS) is 1. The molecular weight excluding hydrogens is 504 g/mol. The molecule has 3 aliphatic rings. The van der Waals surface area contributed by atoms with E-state index in [1.54, 1.807) is 6.07 Å². The lowest BCUT2D eigenvalue weighted by molar-refractivity contribution is -0.141. The monoisotopic (exact) mass is 537 g/mol. The summed E-state index contributed by atoms with van der Waals surface area (Å²) in [7, 11) is 0. The minimum absolute atomic E-state index is 0.104. The summed E-state index contributed by atoms with van der Waals surface area (Å²) in [6.45, 7) is 5.87. The molecule has 7 nitrogen and oxygen atoms in total. The predicted octanol–water partition coefficient (Wildman–Crippen LogP) is 5.67. The molecule has 206 valence electrons. The number of aliphatic imine (C=N–C) groups is 1. The van der Waals surface area contributed by atoms with Crippen molar-refractivity contribution in [1.29, 1.82) is 0 Å². The van der Waals surface area contributed by atoms with Crippen LogP contribution in [0.1, 0.15) is 42.4 Å². The molecule has 0 bridgehead atoms. The van der Waals surface area contributed by atoms with E-state index in [1.165, 1.54) is 6.07 Å². The molecule has 0 amide bonds. The van der Waals surface area contributed by atoms with Gasteiger partial charge in [-0.25, -0.2) is 4.99 Å². The Labute approximate surface area is 226 Å². The highest BCUT2D eigenvalue weighted by atomic mass is 19.3. The molecule has 1 saturated carbocycles. The first kappa shape index (κ1) is 26.9. The van der Waals surface area contributed by atoms with Crippen molar-refractivity contribution in [2.45, 2.75) is 37.6 Å². The van der Waals surface area contributed by atoms with Crippen molar-refractivity contribution in [3.8, 4) is 0 Å². The van der Waals surface area contributed by atoms with E-state index in [2.05, 4.69) is 11.9 Å². The highest BCUT2D eigenvalue weighted by molar-refractivity contribution is 5.98. The third-order valence-electron chi connectivity index (χ3n) is 7.46. The van der Waals surface area contributed by atoms with Crippen molar-refractivity contribution in [2.75, 3.05) is 43.1 Å². The van der Waals surface area contributed by atoms with Crippen LogP contribution >= 0.6 is 0 Å². The molecule has 5 rings (SSSR count). The van der Waals surface area contributed by atoms with Crippen molar-refractivity contribution in [1.82, 2.24) is 0 Å². The number of hydrogen-bond donors (Lipinski definition) is 2. The van der Waals surface area contributed by atoms with E-state index in [0.29, 0.717) is 81.1 Å². The number of nitrogens with one attached hydrogen (secondary N) is 1. The Bertz CT molecular complexity index is 1270. The highest BCUT2D eigenvalue weighted by Crippen LogP contribution is 2.39. The second-order valence-electron chi connectivity index (χ2n) is 10.1. The maximum Gasteiger partial charge on any atom is 0.306 e. The molecule has 9 heteroatoms. The first-order valence-corrected chi connectivity index (χ1v) is 13.3. The zero-order valence-electron chi connectivity index (χ0n) is 21.7. The summed E-state index contributed by atoms with van der Waals surface area (Å²) in [5.41, 5.74) is 3.19. The van der Waals surface area contributed by atoms with Gasteiger partial charge in [0.05, 0.1) is 31.4 Å². The number of benzene rings is 2. The largest absolute Gasteiger partial charge is 0.481 e. The second-order valence-corrected chi connectivity index (χ2v) is 10.1. The molecule has 0 radical (unpaired) electrons. The quantitative estimate of drug-likeness (QED) is 0.422. The van der Waals surface area contributed by atoms with Crippen LogP contribution in [0, 0.1) is 5.92 Å². The lowest BCUT2D eigenvalue weighted by Crippen LogP contribution is -2.37. The number of anilines is 2. The summed E-state index contributed by atoms with van der Waals surface area (Å²) in [5, 5.41) is 12.7. The first-order chi connectivity index (χ1) is 18.8. The van der Waals surface area contributed by atoms with Gasteiger partial charge in [0.2, 0.25) is 5.90 Å². The standard InChI is InChI=1S/C30H33F2N3O4/c1-2-30(31,32)25-19-21(8-12-27(25)35-13-16-38-17-14-35)26-4-3-15-39-28(34-26)20-5-9-23(10-6-20)33-24-11-7-22(18-24)29(36)37/h2,4-6,8-10,12,19,22,24,33H,1,3,7,11,13-18H2,(H,36,37)/t22-,24+/m1/s1. The third-order valence-corrected chi connectivity index (χ3v) is 7.46. The second kappa shape index (κ2) is 11.6. The molecule has 2 heterocycles. The van der Waals surface area contributed by atoms with Gasteiger partial charge >= 0.3 is 5.97 Å². The first-order valence-electron chi connectivity index (χ1n) is 13.3. The van der Waals surface area contributed by atoms with Crippen LogP contribution in [0.2, 0.25) is 0 Å². The van der Waals surface area contributed by atoms with Crippen LogP contribution in [-0.4, -0.2) is 55.9 Å². The predicted molar refractivity (Wildman–Crippen MR) is 147 cm³/mol. The fourth-order valence-electron chi connectivity index (χ4n) is 5.30. The summed E-state index contributed by atoms with van der Waals surface area (Å²) in [6, 6.07) is 12.8. The van der Waals surface area contributed by atoms with Crippen LogP contribution in [0.3, 0.4) is 0 Å². The summed E-state index contributed by atoms with van der Waals surface area (Å²) >= 11 is 0. The van der Waals surface area contributed by atoms with Crippen molar-refractivity contribution in [3.05, 3.63) is 77.9 Å². The van der Waals surface area contributed by atoms with Crippen LogP contribution in [0.15, 0.2) is 66.2 Å². The van der Waals surface area contributed by atoms with E-state index in [9.17, 15) is 9.90 Å². The van der Waals surface area contributed by atoms with E-state index in [0.717, 1.165) is 17.7 Å². The topological polar surface area (TPSA) is 83.4 Å². The molecule has 2 aliphatic heterocycles. The molecule has 1 saturated heterocycles. The maximum atomic E-state index is 15.0. The van der Waals surface area contributed by atoms with Gasteiger partial charge in [-0.15, -0.1) is 0 Å². The maximum absolute atomic E-state index is 15.0.